The standard InChI is InChI=1S/C21H32N4O2/c1-4-24-14-11-21(19(26)23-17-8-6-5-7-9-17)12-15-25(13-10-18(21)24)20(27)22-16(2)3/h5-9,16,18H,4,10-15H2,1-3H3,(H,22,27)(H,23,26)/t18-,21-/m0/s1. The quantitative estimate of drug-likeness (QED) is 0.854. The first-order valence-corrected chi connectivity index (χ1v) is 10.1. The molecule has 0 saturated carbocycles. The number of nitrogens with one attached hydrogen (secondary N) is 2. The molecule has 0 bridgehead atoms. The van der Waals surface area contributed by atoms with Gasteiger partial charge in [-0.1, -0.05) is 25.1 Å². The number of hydrogen-bond donors (Lipinski definition) is 2. The van der Waals surface area contributed by atoms with Crippen molar-refractivity contribution in [3.63, 3.8) is 0 Å². The first-order chi connectivity index (χ1) is 13.0. The Balaban J connectivity index is 1.80. The summed E-state index contributed by atoms with van der Waals surface area (Å²) < 4.78 is 0. The summed E-state index contributed by atoms with van der Waals surface area (Å²) in [5.74, 6) is 0.0979. The van der Waals surface area contributed by atoms with E-state index in [1.807, 2.05) is 49.1 Å². The van der Waals surface area contributed by atoms with Gasteiger partial charge in [-0.2, -0.15) is 0 Å². The van der Waals surface area contributed by atoms with Gasteiger partial charge in [-0.15, -0.1) is 0 Å². The largest absolute Gasteiger partial charge is 0.336 e. The van der Waals surface area contributed by atoms with E-state index in [0.29, 0.717) is 19.5 Å². The van der Waals surface area contributed by atoms with Crippen LogP contribution >= 0.6 is 0 Å². The number of rotatable bonds is 4. The van der Waals surface area contributed by atoms with E-state index in [0.717, 1.165) is 31.6 Å². The second kappa shape index (κ2) is 8.30. The zero-order valence-corrected chi connectivity index (χ0v) is 16.7. The molecule has 2 saturated heterocycles. The minimum absolute atomic E-state index is 0.0216. The molecule has 6 heteroatoms. The van der Waals surface area contributed by atoms with E-state index in [1.54, 1.807) is 0 Å². The molecule has 0 unspecified atom stereocenters. The van der Waals surface area contributed by atoms with Crippen LogP contribution in [0, 0.1) is 5.41 Å². The van der Waals surface area contributed by atoms with Crippen LogP contribution in [0.1, 0.15) is 40.0 Å². The molecule has 0 aromatic heterocycles. The van der Waals surface area contributed by atoms with Crippen molar-refractivity contribution in [3.05, 3.63) is 30.3 Å². The summed E-state index contributed by atoms with van der Waals surface area (Å²) in [6.45, 7) is 9.29. The molecule has 0 spiro atoms. The highest BCUT2D eigenvalue weighted by Gasteiger charge is 2.53. The molecule has 6 nitrogen and oxygen atoms in total. The Bertz CT molecular complexity index is 663. The molecular formula is C21H32N4O2. The number of fused-ring (bicyclic) bond motifs is 1. The predicted molar refractivity (Wildman–Crippen MR) is 108 cm³/mol. The summed E-state index contributed by atoms with van der Waals surface area (Å²) in [6, 6.07) is 9.94. The number of anilines is 1. The molecule has 2 N–H and O–H groups in total. The Hall–Kier alpha value is -2.08. The monoisotopic (exact) mass is 372 g/mol. The molecule has 0 radical (unpaired) electrons. The molecule has 1 aromatic rings. The van der Waals surface area contributed by atoms with Gasteiger partial charge in [0.2, 0.25) is 5.91 Å². The van der Waals surface area contributed by atoms with Gasteiger partial charge in [0, 0.05) is 30.9 Å². The molecule has 2 atom stereocenters. The van der Waals surface area contributed by atoms with Crippen LogP contribution in [0.25, 0.3) is 0 Å². The topological polar surface area (TPSA) is 64.7 Å². The number of carbonyl (C=O) groups is 2. The molecule has 3 rings (SSSR count). The minimum atomic E-state index is -0.432. The molecule has 2 aliphatic rings. The summed E-state index contributed by atoms with van der Waals surface area (Å²) in [6.07, 6.45) is 2.39. The van der Waals surface area contributed by atoms with Crippen LogP contribution in [0.4, 0.5) is 10.5 Å². The number of para-hydroxylation sites is 1. The SMILES string of the molecule is CCN1CC[C@]2(C(=O)Nc3ccccc3)CCN(C(=O)NC(C)C)CC[C@H]12. The lowest BCUT2D eigenvalue weighted by molar-refractivity contribution is -0.127. The smallest absolute Gasteiger partial charge is 0.317 e. The number of carbonyl (C=O) groups excluding carboxylic acids is 2. The second-order valence-electron chi connectivity index (χ2n) is 8.00. The van der Waals surface area contributed by atoms with Crippen LogP contribution in [-0.2, 0) is 4.79 Å². The van der Waals surface area contributed by atoms with Gasteiger partial charge in [0.1, 0.15) is 0 Å². The van der Waals surface area contributed by atoms with Gasteiger partial charge in [0.15, 0.2) is 0 Å². The van der Waals surface area contributed by atoms with Crippen LogP contribution in [0.5, 0.6) is 0 Å². The van der Waals surface area contributed by atoms with Gasteiger partial charge in [0.05, 0.1) is 5.41 Å². The van der Waals surface area contributed by atoms with Crippen molar-refractivity contribution in [1.82, 2.24) is 15.1 Å². The maximum atomic E-state index is 13.4. The fourth-order valence-corrected chi connectivity index (χ4v) is 4.57. The third kappa shape index (κ3) is 4.10. The molecule has 1 aromatic carbocycles. The Labute approximate surface area is 162 Å². The number of urea groups is 1. The fraction of sp³-hybridized carbons (Fsp3) is 0.619. The molecule has 2 aliphatic heterocycles. The molecular weight excluding hydrogens is 340 g/mol. The van der Waals surface area contributed by atoms with E-state index < -0.39 is 5.41 Å². The number of benzene rings is 1. The maximum Gasteiger partial charge on any atom is 0.317 e. The first-order valence-electron chi connectivity index (χ1n) is 10.1. The number of nitrogens with zero attached hydrogens (tertiary/aromatic N) is 2. The highest BCUT2D eigenvalue weighted by molar-refractivity contribution is 5.96. The molecule has 0 aliphatic carbocycles. The van der Waals surface area contributed by atoms with Crippen LogP contribution < -0.4 is 10.6 Å². The van der Waals surface area contributed by atoms with Crippen molar-refractivity contribution in [1.29, 1.82) is 0 Å². The third-order valence-electron chi connectivity index (χ3n) is 6.01. The van der Waals surface area contributed by atoms with Crippen LogP contribution in [0.15, 0.2) is 30.3 Å². The van der Waals surface area contributed by atoms with E-state index in [-0.39, 0.29) is 24.0 Å². The molecule has 2 heterocycles. The maximum absolute atomic E-state index is 13.4. The van der Waals surface area contributed by atoms with Crippen molar-refractivity contribution in [3.8, 4) is 0 Å². The highest BCUT2D eigenvalue weighted by atomic mass is 16.2. The average Bonchev–Trinajstić information content (AvgIpc) is 2.89. The normalized spacial score (nSPS) is 25.8. The van der Waals surface area contributed by atoms with Crippen molar-refractivity contribution in [2.45, 2.75) is 52.1 Å². The number of hydrogen-bond acceptors (Lipinski definition) is 3. The average molecular weight is 373 g/mol. The first kappa shape index (κ1) is 19.7. The lowest BCUT2D eigenvalue weighted by Crippen LogP contribution is -2.47. The van der Waals surface area contributed by atoms with Gasteiger partial charge in [-0.25, -0.2) is 4.79 Å². The summed E-state index contributed by atoms with van der Waals surface area (Å²) in [5, 5.41) is 6.12. The summed E-state index contributed by atoms with van der Waals surface area (Å²) in [5.41, 5.74) is 0.405. The van der Waals surface area contributed by atoms with Gasteiger partial charge in [-0.05, 0) is 58.3 Å². The number of amides is 3. The van der Waals surface area contributed by atoms with Crippen LogP contribution in [0.3, 0.4) is 0 Å². The van der Waals surface area contributed by atoms with Crippen molar-refractivity contribution in [2.75, 3.05) is 31.5 Å². The Morgan fingerprint density at radius 1 is 1.15 bits per heavy atom. The lowest BCUT2D eigenvalue weighted by Gasteiger charge is -2.35. The van der Waals surface area contributed by atoms with Crippen molar-refractivity contribution in [2.24, 2.45) is 5.41 Å². The summed E-state index contributed by atoms with van der Waals surface area (Å²) in [7, 11) is 0. The van der Waals surface area contributed by atoms with E-state index in [2.05, 4.69) is 22.5 Å². The molecule has 27 heavy (non-hydrogen) atoms. The van der Waals surface area contributed by atoms with Crippen molar-refractivity contribution >= 4 is 17.6 Å². The number of likely N-dealkylation sites (tertiary alicyclic amines) is 2. The van der Waals surface area contributed by atoms with E-state index in [9.17, 15) is 9.59 Å². The van der Waals surface area contributed by atoms with E-state index in [1.165, 1.54) is 0 Å². The minimum Gasteiger partial charge on any atom is -0.336 e. The molecule has 2 fully saturated rings. The Kier molecular flexibility index (Phi) is 6.05. The van der Waals surface area contributed by atoms with Gasteiger partial charge >= 0.3 is 6.03 Å². The summed E-state index contributed by atoms with van der Waals surface area (Å²) in [4.78, 5) is 30.2. The second-order valence-corrected chi connectivity index (χ2v) is 8.00. The predicted octanol–water partition coefficient (Wildman–Crippen LogP) is 2.92. The fourth-order valence-electron chi connectivity index (χ4n) is 4.57. The molecule has 3 amide bonds. The van der Waals surface area contributed by atoms with Gasteiger partial charge < -0.3 is 15.5 Å². The molecule has 148 valence electrons. The zero-order chi connectivity index (χ0) is 19.4. The Morgan fingerprint density at radius 3 is 2.52 bits per heavy atom. The third-order valence-corrected chi connectivity index (χ3v) is 6.01. The zero-order valence-electron chi connectivity index (χ0n) is 16.7. The van der Waals surface area contributed by atoms with Crippen molar-refractivity contribution < 1.29 is 9.59 Å². The van der Waals surface area contributed by atoms with E-state index in [4.69, 9.17) is 0 Å². The van der Waals surface area contributed by atoms with Gasteiger partial charge in [0.25, 0.3) is 0 Å². The van der Waals surface area contributed by atoms with Gasteiger partial charge in [-0.3, -0.25) is 9.69 Å². The highest BCUT2D eigenvalue weighted by Crippen LogP contribution is 2.44. The lowest BCUT2D eigenvalue weighted by atomic mass is 9.75. The Morgan fingerprint density at radius 2 is 1.85 bits per heavy atom. The van der Waals surface area contributed by atoms with Crippen LogP contribution in [0.2, 0.25) is 0 Å². The van der Waals surface area contributed by atoms with Crippen LogP contribution in [-0.4, -0.2) is 60.0 Å². The van der Waals surface area contributed by atoms with E-state index >= 15 is 0 Å². The summed E-state index contributed by atoms with van der Waals surface area (Å²) >= 11 is 0.